The predicted octanol–water partition coefficient (Wildman–Crippen LogP) is 3.85. The number of nitrogen functional groups attached to an aromatic ring is 1. The molecule has 0 aliphatic heterocycles. The Kier molecular flexibility index (Phi) is 4.84. The summed E-state index contributed by atoms with van der Waals surface area (Å²) >= 11 is 0. The lowest BCUT2D eigenvalue weighted by atomic mass is 10.0. The number of hydrogen-bond donors (Lipinski definition) is 1. The highest BCUT2D eigenvalue weighted by Gasteiger charge is 2.06. The number of nitrogens with zero attached hydrogens (tertiary/aromatic N) is 3. The van der Waals surface area contributed by atoms with E-state index in [1.807, 2.05) is 57.3 Å². The molecule has 0 radical (unpaired) electrons. The van der Waals surface area contributed by atoms with Crippen molar-refractivity contribution in [2.45, 2.75) is 27.4 Å². The van der Waals surface area contributed by atoms with Crippen molar-refractivity contribution in [3.05, 3.63) is 76.6 Å². The quantitative estimate of drug-likeness (QED) is 0.721. The molecular formula is C20H22N4O. The Morgan fingerprint density at radius 3 is 2.40 bits per heavy atom. The van der Waals surface area contributed by atoms with Gasteiger partial charge in [0.25, 0.3) is 0 Å². The van der Waals surface area contributed by atoms with Gasteiger partial charge in [-0.2, -0.15) is 5.10 Å². The summed E-state index contributed by atoms with van der Waals surface area (Å²) in [6.45, 7) is 6.54. The van der Waals surface area contributed by atoms with Crippen molar-refractivity contribution < 1.29 is 4.74 Å². The first-order valence-electron chi connectivity index (χ1n) is 8.16. The Labute approximate surface area is 147 Å². The fourth-order valence-corrected chi connectivity index (χ4v) is 2.68. The monoisotopic (exact) mass is 334 g/mol. The van der Waals surface area contributed by atoms with Crippen LogP contribution in [0, 0.1) is 20.8 Å². The van der Waals surface area contributed by atoms with Crippen LogP contribution >= 0.6 is 0 Å². The summed E-state index contributed by atoms with van der Waals surface area (Å²) in [4.78, 5) is 4.14. The van der Waals surface area contributed by atoms with Crippen LogP contribution in [0.25, 0.3) is 0 Å². The number of benzene rings is 2. The van der Waals surface area contributed by atoms with E-state index in [0.717, 1.165) is 33.7 Å². The first kappa shape index (κ1) is 16.8. The van der Waals surface area contributed by atoms with Crippen LogP contribution in [-0.4, -0.2) is 15.9 Å². The van der Waals surface area contributed by atoms with Gasteiger partial charge in [0.2, 0.25) is 5.95 Å². The van der Waals surface area contributed by atoms with Crippen molar-refractivity contribution >= 4 is 12.2 Å². The zero-order valence-corrected chi connectivity index (χ0v) is 14.7. The Bertz CT molecular complexity index is 874. The van der Waals surface area contributed by atoms with Crippen LogP contribution in [0.5, 0.6) is 5.75 Å². The minimum Gasteiger partial charge on any atom is -0.489 e. The molecule has 0 aliphatic rings. The molecule has 1 heterocycles. The van der Waals surface area contributed by atoms with Crippen molar-refractivity contribution in [1.82, 2.24) is 9.66 Å². The van der Waals surface area contributed by atoms with Gasteiger partial charge in [0.15, 0.2) is 0 Å². The number of nitrogens with two attached hydrogens (primary N) is 1. The SMILES string of the molecule is Cc1cn(N=Cc2c(C)cc(OCc3ccccc3)cc2C)c(N)n1. The second kappa shape index (κ2) is 7.21. The minimum atomic E-state index is 0.381. The van der Waals surface area contributed by atoms with Gasteiger partial charge in [0, 0.05) is 5.56 Å². The number of anilines is 1. The molecule has 0 saturated heterocycles. The van der Waals surface area contributed by atoms with Crippen molar-refractivity contribution in [3.63, 3.8) is 0 Å². The Morgan fingerprint density at radius 1 is 1.12 bits per heavy atom. The Hall–Kier alpha value is -3.08. The summed E-state index contributed by atoms with van der Waals surface area (Å²) in [5.41, 5.74) is 11.1. The second-order valence-electron chi connectivity index (χ2n) is 6.07. The van der Waals surface area contributed by atoms with Gasteiger partial charge in [-0.1, -0.05) is 30.3 Å². The van der Waals surface area contributed by atoms with E-state index in [-0.39, 0.29) is 0 Å². The highest BCUT2D eigenvalue weighted by atomic mass is 16.5. The standard InChI is InChI=1S/C20H22N4O/c1-14-9-18(25-13-17-7-5-4-6-8-17)10-15(2)19(14)11-22-24-12-16(3)23-20(24)21/h4-12H,13H2,1-3H3,(H2,21,23). The average molecular weight is 334 g/mol. The van der Waals surface area contributed by atoms with E-state index >= 15 is 0 Å². The molecular weight excluding hydrogens is 312 g/mol. The van der Waals surface area contributed by atoms with Crippen molar-refractivity contribution in [1.29, 1.82) is 0 Å². The van der Waals surface area contributed by atoms with Gasteiger partial charge < -0.3 is 10.5 Å². The average Bonchev–Trinajstić information content (AvgIpc) is 2.91. The molecule has 2 aromatic carbocycles. The van der Waals surface area contributed by atoms with E-state index in [1.54, 1.807) is 10.9 Å². The predicted molar refractivity (Wildman–Crippen MR) is 101 cm³/mol. The molecule has 0 spiro atoms. The molecule has 3 aromatic rings. The molecule has 0 saturated carbocycles. The third-order valence-electron chi connectivity index (χ3n) is 3.96. The molecule has 1 aromatic heterocycles. The van der Waals surface area contributed by atoms with E-state index < -0.39 is 0 Å². The molecule has 3 rings (SSSR count). The zero-order chi connectivity index (χ0) is 17.8. The number of ether oxygens (including phenoxy) is 1. The highest BCUT2D eigenvalue weighted by Crippen LogP contribution is 2.22. The maximum Gasteiger partial charge on any atom is 0.221 e. The molecule has 0 aliphatic carbocycles. The maximum absolute atomic E-state index is 5.91. The van der Waals surface area contributed by atoms with Crippen LogP contribution in [0.4, 0.5) is 5.95 Å². The van der Waals surface area contributed by atoms with Crippen LogP contribution in [0.3, 0.4) is 0 Å². The number of rotatable bonds is 5. The first-order valence-corrected chi connectivity index (χ1v) is 8.16. The molecule has 128 valence electrons. The van der Waals surface area contributed by atoms with Gasteiger partial charge in [0.05, 0.1) is 18.1 Å². The third kappa shape index (κ3) is 4.07. The summed E-state index contributed by atoms with van der Waals surface area (Å²) in [7, 11) is 0. The van der Waals surface area contributed by atoms with Crippen LogP contribution in [0.1, 0.15) is 27.9 Å². The van der Waals surface area contributed by atoms with E-state index in [2.05, 4.69) is 22.2 Å². The number of hydrogen-bond acceptors (Lipinski definition) is 4. The van der Waals surface area contributed by atoms with Gasteiger partial charge in [-0.25, -0.2) is 9.66 Å². The topological polar surface area (TPSA) is 65.4 Å². The number of aryl methyl sites for hydroxylation is 3. The minimum absolute atomic E-state index is 0.381. The van der Waals surface area contributed by atoms with E-state index in [4.69, 9.17) is 10.5 Å². The van der Waals surface area contributed by atoms with Crippen LogP contribution in [0.15, 0.2) is 53.8 Å². The molecule has 0 bridgehead atoms. The lowest BCUT2D eigenvalue weighted by molar-refractivity contribution is 0.306. The van der Waals surface area contributed by atoms with Gasteiger partial charge >= 0.3 is 0 Å². The molecule has 5 nitrogen and oxygen atoms in total. The summed E-state index contributed by atoms with van der Waals surface area (Å²) in [6, 6.07) is 14.2. The van der Waals surface area contributed by atoms with Crippen molar-refractivity contribution in [2.24, 2.45) is 5.10 Å². The van der Waals surface area contributed by atoms with Gasteiger partial charge in [-0.3, -0.25) is 0 Å². The summed E-state index contributed by atoms with van der Waals surface area (Å²) < 4.78 is 7.49. The van der Waals surface area contributed by atoms with Gasteiger partial charge in [-0.15, -0.1) is 0 Å². The van der Waals surface area contributed by atoms with E-state index in [9.17, 15) is 0 Å². The maximum atomic E-state index is 5.91. The fourth-order valence-electron chi connectivity index (χ4n) is 2.68. The van der Waals surface area contributed by atoms with E-state index in [0.29, 0.717) is 12.6 Å². The normalized spacial score (nSPS) is 11.2. The molecule has 5 heteroatoms. The largest absolute Gasteiger partial charge is 0.489 e. The highest BCUT2D eigenvalue weighted by molar-refractivity contribution is 5.84. The van der Waals surface area contributed by atoms with Crippen LogP contribution < -0.4 is 10.5 Å². The molecule has 2 N–H and O–H groups in total. The second-order valence-corrected chi connectivity index (χ2v) is 6.07. The summed E-state index contributed by atoms with van der Waals surface area (Å²) in [5, 5.41) is 4.41. The molecule has 0 fully saturated rings. The van der Waals surface area contributed by atoms with Gasteiger partial charge in [-0.05, 0) is 49.6 Å². The number of aromatic nitrogens is 2. The van der Waals surface area contributed by atoms with Crippen LogP contribution in [0.2, 0.25) is 0 Å². The van der Waals surface area contributed by atoms with E-state index in [1.165, 1.54) is 0 Å². The molecule has 25 heavy (non-hydrogen) atoms. The fraction of sp³-hybridized carbons (Fsp3) is 0.200. The molecule has 0 atom stereocenters. The summed E-state index contributed by atoms with van der Waals surface area (Å²) in [5.74, 6) is 1.24. The first-order chi connectivity index (χ1) is 12.0. The number of imidazole rings is 1. The van der Waals surface area contributed by atoms with Gasteiger partial charge in [0.1, 0.15) is 12.4 Å². The lowest BCUT2D eigenvalue weighted by Gasteiger charge is -2.11. The third-order valence-corrected chi connectivity index (χ3v) is 3.96. The smallest absolute Gasteiger partial charge is 0.221 e. The van der Waals surface area contributed by atoms with Crippen molar-refractivity contribution in [3.8, 4) is 5.75 Å². The lowest BCUT2D eigenvalue weighted by Crippen LogP contribution is -2.01. The Morgan fingerprint density at radius 2 is 1.80 bits per heavy atom. The molecule has 0 unspecified atom stereocenters. The van der Waals surface area contributed by atoms with Crippen molar-refractivity contribution in [2.75, 3.05) is 5.73 Å². The zero-order valence-electron chi connectivity index (χ0n) is 14.7. The summed E-state index contributed by atoms with van der Waals surface area (Å²) in [6.07, 6.45) is 3.61. The Balaban J connectivity index is 1.77. The molecule has 0 amide bonds. The van der Waals surface area contributed by atoms with Crippen LogP contribution in [-0.2, 0) is 6.61 Å².